The van der Waals surface area contributed by atoms with Crippen molar-refractivity contribution in [3.63, 3.8) is 0 Å². The molecule has 5 heteroatoms. The van der Waals surface area contributed by atoms with Crippen molar-refractivity contribution in [2.75, 3.05) is 6.61 Å². The van der Waals surface area contributed by atoms with E-state index in [1.54, 1.807) is 12.1 Å². The van der Waals surface area contributed by atoms with Crippen LogP contribution in [0.3, 0.4) is 0 Å². The predicted octanol–water partition coefficient (Wildman–Crippen LogP) is 1.69. The smallest absolute Gasteiger partial charge is 0.256 e. The first-order valence-electron chi connectivity index (χ1n) is 5.25. The van der Waals surface area contributed by atoms with Crippen molar-refractivity contribution in [2.24, 2.45) is 0 Å². The zero-order valence-corrected chi connectivity index (χ0v) is 10.5. The molecule has 1 aromatic carbocycles. The lowest BCUT2D eigenvalue weighted by atomic mass is 10.0. The number of ketones is 2. The first kappa shape index (κ1) is 12.6. The van der Waals surface area contributed by atoms with Crippen LogP contribution >= 0.6 is 12.6 Å². The third-order valence-corrected chi connectivity index (χ3v) is 2.83. The van der Waals surface area contributed by atoms with Crippen molar-refractivity contribution >= 4 is 35.4 Å². The van der Waals surface area contributed by atoms with E-state index < -0.39 is 10.9 Å². The summed E-state index contributed by atoms with van der Waals surface area (Å²) in [6, 6.07) is 4.63. The summed E-state index contributed by atoms with van der Waals surface area (Å²) in [5.41, 5.74) is 1.38. The average molecular weight is 262 g/mol. The average Bonchev–Trinajstić information content (AvgIpc) is 2.36. The highest BCUT2D eigenvalue weighted by molar-refractivity contribution is 7.99. The summed E-state index contributed by atoms with van der Waals surface area (Å²) in [5, 5.41) is -0.817. The van der Waals surface area contributed by atoms with Gasteiger partial charge in [0.1, 0.15) is 12.4 Å². The van der Waals surface area contributed by atoms with Crippen LogP contribution in [0, 0.1) is 0 Å². The Labute approximate surface area is 109 Å². The molecular formula is C13H10O4S. The maximum Gasteiger partial charge on any atom is 0.256 e. The first-order chi connectivity index (χ1) is 8.49. The summed E-state index contributed by atoms with van der Waals surface area (Å²) in [7, 11) is 0. The highest BCUT2D eigenvalue weighted by Crippen LogP contribution is 2.27. The molecule has 1 aliphatic rings. The lowest BCUT2D eigenvalue weighted by Gasteiger charge is -2.16. The summed E-state index contributed by atoms with van der Waals surface area (Å²) in [4.78, 5) is 33.6. The number of rotatable bonds is 3. The van der Waals surface area contributed by atoms with Gasteiger partial charge in [0.15, 0.2) is 5.78 Å². The van der Waals surface area contributed by atoms with Gasteiger partial charge in [-0.05, 0) is 31.2 Å². The van der Waals surface area contributed by atoms with Gasteiger partial charge in [0.2, 0.25) is 5.78 Å². The van der Waals surface area contributed by atoms with E-state index in [1.165, 1.54) is 19.1 Å². The molecule has 0 aromatic heterocycles. The molecule has 0 N–H and O–H groups in total. The third-order valence-electron chi connectivity index (χ3n) is 2.63. The number of Topliss-reactive ketones (excluding diaryl/α,β-unsaturated/α-hetero) is 2. The van der Waals surface area contributed by atoms with E-state index in [2.05, 4.69) is 12.6 Å². The number of ether oxygens (including phenoxy) is 1. The Kier molecular flexibility index (Phi) is 3.34. The second-order valence-corrected chi connectivity index (χ2v) is 4.31. The molecule has 0 atom stereocenters. The second-order valence-electron chi connectivity index (χ2n) is 3.90. The summed E-state index contributed by atoms with van der Waals surface area (Å²) in [6.45, 7) is 1.67. The normalized spacial score (nSPS) is 13.1. The van der Waals surface area contributed by atoms with Crippen LogP contribution in [0.1, 0.15) is 22.8 Å². The lowest BCUT2D eigenvalue weighted by molar-refractivity contribution is -0.113. The minimum absolute atomic E-state index is 0.0809. The van der Waals surface area contributed by atoms with E-state index >= 15 is 0 Å². The standard InChI is InChI=1S/C13H10O4S/c1-7(14)10-5-9-4-8(12(15)13(16)18)2-3-11(9)17-6-10/h2-5H,6H2,1H3,(H,16,18). The van der Waals surface area contributed by atoms with E-state index in [0.29, 0.717) is 16.9 Å². The van der Waals surface area contributed by atoms with Crippen molar-refractivity contribution in [3.8, 4) is 5.75 Å². The highest BCUT2D eigenvalue weighted by atomic mass is 32.1. The van der Waals surface area contributed by atoms with Crippen molar-refractivity contribution < 1.29 is 19.1 Å². The quantitative estimate of drug-likeness (QED) is 0.511. The fraction of sp³-hybridized carbons (Fsp3) is 0.154. The molecule has 0 amide bonds. The van der Waals surface area contributed by atoms with Crippen LogP contribution < -0.4 is 4.74 Å². The molecule has 0 saturated carbocycles. The molecule has 0 bridgehead atoms. The molecule has 0 radical (unpaired) electrons. The number of hydrogen-bond donors (Lipinski definition) is 1. The minimum Gasteiger partial charge on any atom is -0.488 e. The molecule has 1 aromatic rings. The van der Waals surface area contributed by atoms with Crippen LogP contribution in [0.2, 0.25) is 0 Å². The summed E-state index contributed by atoms with van der Waals surface area (Å²) >= 11 is 3.49. The van der Waals surface area contributed by atoms with Gasteiger partial charge in [-0.2, -0.15) is 0 Å². The molecule has 0 saturated heterocycles. The molecule has 1 aliphatic heterocycles. The van der Waals surface area contributed by atoms with Gasteiger partial charge < -0.3 is 4.74 Å². The molecule has 4 nitrogen and oxygen atoms in total. The summed E-state index contributed by atoms with van der Waals surface area (Å²) < 4.78 is 5.39. The summed E-state index contributed by atoms with van der Waals surface area (Å²) in [5.74, 6) is -0.171. The summed E-state index contributed by atoms with van der Waals surface area (Å²) in [6.07, 6.45) is 1.67. The van der Waals surface area contributed by atoms with E-state index in [9.17, 15) is 14.4 Å². The molecule has 1 heterocycles. The largest absolute Gasteiger partial charge is 0.488 e. The third kappa shape index (κ3) is 2.36. The Bertz CT molecular complexity index is 587. The van der Waals surface area contributed by atoms with Gasteiger partial charge in [0.05, 0.1) is 0 Å². The fourth-order valence-corrected chi connectivity index (χ4v) is 1.77. The number of fused-ring (bicyclic) bond motifs is 1. The SMILES string of the molecule is CC(=O)C1=Cc2cc(C(=O)C(=O)S)ccc2OC1. The first-order valence-corrected chi connectivity index (χ1v) is 5.69. The van der Waals surface area contributed by atoms with Crippen molar-refractivity contribution in [2.45, 2.75) is 6.92 Å². The highest BCUT2D eigenvalue weighted by Gasteiger charge is 2.18. The molecular weight excluding hydrogens is 252 g/mol. The molecule has 0 fully saturated rings. The van der Waals surface area contributed by atoms with E-state index in [-0.39, 0.29) is 18.0 Å². The topological polar surface area (TPSA) is 60.4 Å². The van der Waals surface area contributed by atoms with E-state index in [1.807, 2.05) is 0 Å². The van der Waals surface area contributed by atoms with Crippen LogP contribution in [-0.4, -0.2) is 23.3 Å². The maximum absolute atomic E-state index is 11.5. The van der Waals surface area contributed by atoms with Crippen LogP contribution in [0.4, 0.5) is 0 Å². The zero-order valence-electron chi connectivity index (χ0n) is 9.60. The van der Waals surface area contributed by atoms with Gasteiger partial charge in [-0.3, -0.25) is 14.4 Å². The number of carbonyl (C=O) groups excluding carboxylic acids is 3. The molecule has 18 heavy (non-hydrogen) atoms. The van der Waals surface area contributed by atoms with Gasteiger partial charge in [0, 0.05) is 16.7 Å². The number of hydrogen-bond acceptors (Lipinski definition) is 4. The predicted molar refractivity (Wildman–Crippen MR) is 68.9 cm³/mol. The lowest BCUT2D eigenvalue weighted by Crippen LogP contribution is -2.14. The molecule has 0 unspecified atom stereocenters. The van der Waals surface area contributed by atoms with Crippen LogP contribution in [-0.2, 0) is 9.59 Å². The Morgan fingerprint density at radius 1 is 1.28 bits per heavy atom. The van der Waals surface area contributed by atoms with Crippen molar-refractivity contribution in [3.05, 3.63) is 34.9 Å². The minimum atomic E-state index is -0.817. The second kappa shape index (κ2) is 4.78. The monoisotopic (exact) mass is 262 g/mol. The van der Waals surface area contributed by atoms with Crippen molar-refractivity contribution in [1.82, 2.24) is 0 Å². The van der Waals surface area contributed by atoms with Crippen molar-refractivity contribution in [1.29, 1.82) is 0 Å². The molecule has 92 valence electrons. The number of carbonyl (C=O) groups is 3. The zero-order chi connectivity index (χ0) is 13.3. The van der Waals surface area contributed by atoms with Gasteiger partial charge in [0.25, 0.3) is 5.12 Å². The fourth-order valence-electron chi connectivity index (χ4n) is 1.65. The Morgan fingerprint density at radius 3 is 2.61 bits per heavy atom. The van der Waals surface area contributed by atoms with Gasteiger partial charge >= 0.3 is 0 Å². The van der Waals surface area contributed by atoms with Crippen LogP contribution in [0.5, 0.6) is 5.75 Å². The van der Waals surface area contributed by atoms with E-state index in [0.717, 1.165) is 0 Å². The van der Waals surface area contributed by atoms with Gasteiger partial charge in [-0.15, -0.1) is 0 Å². The molecule has 2 rings (SSSR count). The Morgan fingerprint density at radius 2 is 2.00 bits per heavy atom. The van der Waals surface area contributed by atoms with Gasteiger partial charge in [-0.25, -0.2) is 0 Å². The number of thiol groups is 1. The van der Waals surface area contributed by atoms with E-state index in [4.69, 9.17) is 4.74 Å². The maximum atomic E-state index is 11.5. The van der Waals surface area contributed by atoms with Crippen LogP contribution in [0.15, 0.2) is 23.8 Å². The molecule has 0 aliphatic carbocycles. The van der Waals surface area contributed by atoms with Crippen LogP contribution in [0.25, 0.3) is 6.08 Å². The number of benzene rings is 1. The Balaban J connectivity index is 2.44. The van der Waals surface area contributed by atoms with Gasteiger partial charge in [-0.1, -0.05) is 12.6 Å². The Hall–Kier alpha value is -1.88. The molecule has 0 spiro atoms.